The Labute approximate surface area is 105 Å². The summed E-state index contributed by atoms with van der Waals surface area (Å²) in [6.07, 6.45) is 0. The molecule has 1 aromatic rings. The normalized spacial score (nSPS) is 10.9. The highest BCUT2D eigenvalue weighted by Gasteiger charge is 2.24. The summed E-state index contributed by atoms with van der Waals surface area (Å²) in [4.78, 5) is 22.9. The van der Waals surface area contributed by atoms with Gasteiger partial charge in [0.05, 0.1) is 7.11 Å². The molecule has 0 bridgehead atoms. The van der Waals surface area contributed by atoms with Crippen molar-refractivity contribution in [3.63, 3.8) is 0 Å². The zero-order valence-electron chi connectivity index (χ0n) is 10.8. The van der Waals surface area contributed by atoms with Crippen LogP contribution in [0.2, 0.25) is 0 Å². The molecule has 0 radical (unpaired) electrons. The van der Waals surface area contributed by atoms with Gasteiger partial charge in [0.25, 0.3) is 0 Å². The maximum atomic E-state index is 11.9. The van der Waals surface area contributed by atoms with Gasteiger partial charge in [-0.25, -0.2) is 9.59 Å². The third kappa shape index (κ3) is 3.23. The van der Waals surface area contributed by atoms with Crippen molar-refractivity contribution in [2.75, 3.05) is 7.11 Å². The van der Waals surface area contributed by atoms with Crippen molar-refractivity contribution in [3.8, 4) is 5.75 Å². The number of esters is 1. The van der Waals surface area contributed by atoms with Crippen LogP contribution in [0.25, 0.3) is 0 Å². The van der Waals surface area contributed by atoms with Crippen LogP contribution in [0.5, 0.6) is 5.75 Å². The van der Waals surface area contributed by atoms with Gasteiger partial charge in [0.15, 0.2) is 0 Å². The summed E-state index contributed by atoms with van der Waals surface area (Å²) < 4.78 is 10.2. The van der Waals surface area contributed by atoms with E-state index in [0.29, 0.717) is 0 Å². The first-order valence-electron chi connectivity index (χ1n) is 5.40. The number of carboxylic acids is 1. The largest absolute Gasteiger partial charge is 0.495 e. The number of carboxylic acid groups (broad SMARTS) is 1. The third-order valence-electron chi connectivity index (χ3n) is 2.07. The van der Waals surface area contributed by atoms with Crippen LogP contribution in [0.3, 0.4) is 0 Å². The van der Waals surface area contributed by atoms with Gasteiger partial charge in [-0.05, 0) is 32.9 Å². The van der Waals surface area contributed by atoms with E-state index < -0.39 is 17.5 Å². The van der Waals surface area contributed by atoms with Crippen molar-refractivity contribution < 1.29 is 24.2 Å². The lowest BCUT2D eigenvalue weighted by Gasteiger charge is -2.20. The minimum atomic E-state index is -1.16. The van der Waals surface area contributed by atoms with E-state index in [9.17, 15) is 9.59 Å². The molecule has 0 heterocycles. The van der Waals surface area contributed by atoms with Gasteiger partial charge in [0, 0.05) is 0 Å². The molecular weight excluding hydrogens is 236 g/mol. The standard InChI is InChI=1S/C13H16O5/c1-13(2,3)18-12(16)9-7-5-6-8(11(14)15)10(9)17-4/h5-7H,1-4H3,(H,14,15). The highest BCUT2D eigenvalue weighted by atomic mass is 16.6. The minimum absolute atomic E-state index is 0.0132. The van der Waals surface area contributed by atoms with E-state index in [1.807, 2.05) is 0 Å². The smallest absolute Gasteiger partial charge is 0.342 e. The second-order valence-corrected chi connectivity index (χ2v) is 4.69. The summed E-state index contributed by atoms with van der Waals surface area (Å²) in [5, 5.41) is 9.00. The molecule has 0 aliphatic heterocycles. The van der Waals surface area contributed by atoms with Gasteiger partial charge in [-0.15, -0.1) is 0 Å². The number of ether oxygens (including phenoxy) is 2. The molecule has 5 nitrogen and oxygen atoms in total. The third-order valence-corrected chi connectivity index (χ3v) is 2.07. The van der Waals surface area contributed by atoms with Crippen molar-refractivity contribution in [2.45, 2.75) is 26.4 Å². The number of para-hydroxylation sites is 1. The summed E-state index contributed by atoms with van der Waals surface area (Å²) in [6, 6.07) is 4.32. The van der Waals surface area contributed by atoms with E-state index in [0.717, 1.165) is 0 Å². The number of hydrogen-bond donors (Lipinski definition) is 1. The van der Waals surface area contributed by atoms with Gasteiger partial charge in [-0.2, -0.15) is 0 Å². The number of benzene rings is 1. The quantitative estimate of drug-likeness (QED) is 0.836. The average molecular weight is 252 g/mol. The lowest BCUT2D eigenvalue weighted by Crippen LogP contribution is -2.24. The van der Waals surface area contributed by atoms with E-state index in [4.69, 9.17) is 14.6 Å². The number of carbonyl (C=O) groups excluding carboxylic acids is 1. The Balaban J connectivity index is 3.21. The van der Waals surface area contributed by atoms with Gasteiger partial charge >= 0.3 is 11.9 Å². The molecule has 0 aliphatic carbocycles. The fraction of sp³-hybridized carbons (Fsp3) is 0.385. The Hall–Kier alpha value is -2.04. The molecule has 18 heavy (non-hydrogen) atoms. The molecule has 0 atom stereocenters. The van der Waals surface area contributed by atoms with Gasteiger partial charge in [0.2, 0.25) is 0 Å². The monoisotopic (exact) mass is 252 g/mol. The van der Waals surface area contributed by atoms with E-state index in [-0.39, 0.29) is 16.9 Å². The van der Waals surface area contributed by atoms with E-state index in [1.165, 1.54) is 25.3 Å². The predicted octanol–water partition coefficient (Wildman–Crippen LogP) is 2.35. The number of methoxy groups -OCH3 is 1. The van der Waals surface area contributed by atoms with Crippen molar-refractivity contribution >= 4 is 11.9 Å². The van der Waals surface area contributed by atoms with Crippen LogP contribution in [0, 0.1) is 0 Å². The molecule has 0 amide bonds. The molecule has 0 unspecified atom stereocenters. The minimum Gasteiger partial charge on any atom is -0.495 e. The first-order chi connectivity index (χ1) is 8.26. The Kier molecular flexibility index (Phi) is 3.96. The van der Waals surface area contributed by atoms with E-state index in [1.54, 1.807) is 20.8 Å². The summed E-state index contributed by atoms with van der Waals surface area (Å²) in [5.74, 6) is -1.75. The molecule has 0 fully saturated rings. The second kappa shape index (κ2) is 5.08. The Bertz CT molecular complexity index is 471. The number of carbonyl (C=O) groups is 2. The summed E-state index contributed by atoms with van der Waals surface area (Å²) >= 11 is 0. The van der Waals surface area contributed by atoms with Crippen LogP contribution in [0.4, 0.5) is 0 Å². The van der Waals surface area contributed by atoms with Crippen LogP contribution in [0.1, 0.15) is 41.5 Å². The van der Waals surface area contributed by atoms with Gasteiger partial charge in [-0.1, -0.05) is 6.07 Å². The van der Waals surface area contributed by atoms with Crippen molar-refractivity contribution in [3.05, 3.63) is 29.3 Å². The molecule has 98 valence electrons. The molecular formula is C13H16O5. The van der Waals surface area contributed by atoms with Gasteiger partial charge in [-0.3, -0.25) is 0 Å². The zero-order chi connectivity index (χ0) is 13.9. The number of aromatic carboxylic acids is 1. The maximum absolute atomic E-state index is 11.9. The van der Waals surface area contributed by atoms with E-state index in [2.05, 4.69) is 0 Å². The fourth-order valence-corrected chi connectivity index (χ4v) is 1.42. The van der Waals surface area contributed by atoms with Crippen molar-refractivity contribution in [2.24, 2.45) is 0 Å². The number of rotatable bonds is 3. The average Bonchev–Trinajstić information content (AvgIpc) is 2.25. The first kappa shape index (κ1) is 14.0. The highest BCUT2D eigenvalue weighted by Crippen LogP contribution is 2.26. The van der Waals surface area contributed by atoms with Gasteiger partial charge in [0.1, 0.15) is 22.5 Å². The Morgan fingerprint density at radius 3 is 2.17 bits per heavy atom. The second-order valence-electron chi connectivity index (χ2n) is 4.69. The molecule has 0 spiro atoms. The Morgan fingerprint density at radius 2 is 1.72 bits per heavy atom. The molecule has 1 aromatic carbocycles. The van der Waals surface area contributed by atoms with Gasteiger partial charge < -0.3 is 14.6 Å². The van der Waals surface area contributed by atoms with E-state index >= 15 is 0 Å². The highest BCUT2D eigenvalue weighted by molar-refractivity contribution is 5.99. The molecule has 0 aliphatic rings. The lowest BCUT2D eigenvalue weighted by atomic mass is 10.1. The van der Waals surface area contributed by atoms with Crippen molar-refractivity contribution in [1.29, 1.82) is 0 Å². The molecule has 5 heteroatoms. The number of hydrogen-bond acceptors (Lipinski definition) is 4. The van der Waals surface area contributed by atoms with Crippen LogP contribution >= 0.6 is 0 Å². The van der Waals surface area contributed by atoms with Crippen LogP contribution in [-0.2, 0) is 4.74 Å². The predicted molar refractivity (Wildman–Crippen MR) is 65.1 cm³/mol. The molecule has 0 aromatic heterocycles. The Morgan fingerprint density at radius 1 is 1.17 bits per heavy atom. The SMILES string of the molecule is COc1c(C(=O)O)cccc1C(=O)OC(C)(C)C. The zero-order valence-corrected chi connectivity index (χ0v) is 10.8. The molecule has 1 N–H and O–H groups in total. The molecule has 1 rings (SSSR count). The summed E-state index contributed by atoms with van der Waals surface area (Å²) in [6.45, 7) is 5.20. The summed E-state index contributed by atoms with van der Waals surface area (Å²) in [5.41, 5.74) is -0.616. The van der Waals surface area contributed by atoms with Crippen LogP contribution in [-0.4, -0.2) is 29.8 Å². The maximum Gasteiger partial charge on any atom is 0.342 e. The van der Waals surface area contributed by atoms with Crippen LogP contribution < -0.4 is 4.74 Å². The molecule has 0 saturated heterocycles. The summed E-state index contributed by atoms with van der Waals surface area (Å²) in [7, 11) is 1.32. The van der Waals surface area contributed by atoms with Crippen LogP contribution in [0.15, 0.2) is 18.2 Å². The topological polar surface area (TPSA) is 72.8 Å². The lowest BCUT2D eigenvalue weighted by molar-refractivity contribution is 0.00665. The van der Waals surface area contributed by atoms with Crippen molar-refractivity contribution in [1.82, 2.24) is 0 Å². The fourth-order valence-electron chi connectivity index (χ4n) is 1.42. The first-order valence-corrected chi connectivity index (χ1v) is 5.40. The molecule has 0 saturated carbocycles.